The van der Waals surface area contributed by atoms with Crippen LogP contribution >= 0.6 is 0 Å². The van der Waals surface area contributed by atoms with Crippen LogP contribution in [0.4, 0.5) is 5.69 Å². The van der Waals surface area contributed by atoms with Crippen LogP contribution < -0.4 is 10.2 Å². The summed E-state index contributed by atoms with van der Waals surface area (Å²) in [5, 5.41) is 11.7. The molecule has 6 heteroatoms. The SMILES string of the molecule is CN1C(=O)CCc2cc(C(=O)NC3CC(C(=O)O)C3)ccc21. The highest BCUT2D eigenvalue weighted by molar-refractivity contribution is 5.99. The minimum Gasteiger partial charge on any atom is -0.481 e. The Morgan fingerprint density at radius 1 is 1.27 bits per heavy atom. The van der Waals surface area contributed by atoms with E-state index in [-0.39, 0.29) is 23.8 Å². The summed E-state index contributed by atoms with van der Waals surface area (Å²) in [5.74, 6) is -1.24. The Bertz CT molecular complexity index is 650. The quantitative estimate of drug-likeness (QED) is 0.878. The number of rotatable bonds is 3. The molecule has 0 atom stereocenters. The van der Waals surface area contributed by atoms with E-state index in [1.54, 1.807) is 24.1 Å². The van der Waals surface area contributed by atoms with Gasteiger partial charge in [0.05, 0.1) is 5.92 Å². The number of aliphatic carboxylic acids is 1. The van der Waals surface area contributed by atoms with Crippen molar-refractivity contribution < 1.29 is 19.5 Å². The first-order valence-corrected chi connectivity index (χ1v) is 7.39. The van der Waals surface area contributed by atoms with E-state index in [9.17, 15) is 14.4 Å². The standard InChI is InChI=1S/C16H18N2O4/c1-18-13-4-2-10(6-9(13)3-5-14(18)19)15(20)17-12-7-11(8-12)16(21)22/h2,4,6,11-12H,3,5,7-8H2,1H3,(H,17,20)(H,21,22). The van der Waals surface area contributed by atoms with Crippen LogP contribution in [0.25, 0.3) is 0 Å². The summed E-state index contributed by atoms with van der Waals surface area (Å²) < 4.78 is 0. The fourth-order valence-corrected chi connectivity index (χ4v) is 3.00. The number of benzene rings is 1. The minimum atomic E-state index is -0.799. The molecule has 1 aliphatic carbocycles. The first-order valence-electron chi connectivity index (χ1n) is 7.39. The van der Waals surface area contributed by atoms with Gasteiger partial charge in [0.15, 0.2) is 0 Å². The topological polar surface area (TPSA) is 86.7 Å². The highest BCUT2D eigenvalue weighted by Crippen LogP contribution is 2.29. The largest absolute Gasteiger partial charge is 0.481 e. The number of hydrogen-bond acceptors (Lipinski definition) is 3. The van der Waals surface area contributed by atoms with Gasteiger partial charge in [-0.05, 0) is 43.0 Å². The molecule has 2 N–H and O–H groups in total. The molecular formula is C16H18N2O4. The molecule has 22 heavy (non-hydrogen) atoms. The molecule has 1 aromatic carbocycles. The molecule has 3 rings (SSSR count). The molecule has 1 heterocycles. The maximum atomic E-state index is 12.2. The Morgan fingerprint density at radius 2 is 2.00 bits per heavy atom. The van der Waals surface area contributed by atoms with Crippen LogP contribution in [0.15, 0.2) is 18.2 Å². The second kappa shape index (κ2) is 5.44. The van der Waals surface area contributed by atoms with Crippen molar-refractivity contribution in [2.24, 2.45) is 5.92 Å². The van der Waals surface area contributed by atoms with Crippen LogP contribution in [0.1, 0.15) is 35.2 Å². The first kappa shape index (κ1) is 14.6. The summed E-state index contributed by atoms with van der Waals surface area (Å²) in [6.07, 6.45) is 2.08. The molecule has 0 radical (unpaired) electrons. The zero-order valence-electron chi connectivity index (χ0n) is 12.3. The molecule has 0 aromatic heterocycles. The fraction of sp³-hybridized carbons (Fsp3) is 0.438. The van der Waals surface area contributed by atoms with Gasteiger partial charge in [0.2, 0.25) is 5.91 Å². The number of aryl methyl sites for hydroxylation is 1. The van der Waals surface area contributed by atoms with Crippen LogP contribution in [0.2, 0.25) is 0 Å². The molecule has 0 unspecified atom stereocenters. The van der Waals surface area contributed by atoms with Crippen molar-refractivity contribution in [3.8, 4) is 0 Å². The molecule has 6 nitrogen and oxygen atoms in total. The predicted molar refractivity (Wildman–Crippen MR) is 79.8 cm³/mol. The van der Waals surface area contributed by atoms with Crippen LogP contribution in [0.5, 0.6) is 0 Å². The minimum absolute atomic E-state index is 0.0612. The average molecular weight is 302 g/mol. The summed E-state index contributed by atoms with van der Waals surface area (Å²) in [6, 6.07) is 5.26. The molecule has 2 amide bonds. The first-order chi connectivity index (χ1) is 10.5. The number of amides is 2. The van der Waals surface area contributed by atoms with E-state index in [0.717, 1.165) is 11.3 Å². The molecule has 0 bridgehead atoms. The average Bonchev–Trinajstić information content (AvgIpc) is 2.45. The van der Waals surface area contributed by atoms with E-state index in [1.807, 2.05) is 6.07 Å². The number of nitrogens with zero attached hydrogens (tertiary/aromatic N) is 1. The zero-order chi connectivity index (χ0) is 15.9. The van der Waals surface area contributed by atoms with Gasteiger partial charge in [0.25, 0.3) is 5.91 Å². The van der Waals surface area contributed by atoms with Crippen molar-refractivity contribution in [2.45, 2.75) is 31.7 Å². The van der Waals surface area contributed by atoms with Gasteiger partial charge in [0, 0.05) is 30.8 Å². The molecule has 1 aromatic rings. The van der Waals surface area contributed by atoms with Gasteiger partial charge in [-0.3, -0.25) is 14.4 Å². The highest BCUT2D eigenvalue weighted by Gasteiger charge is 2.35. The van der Waals surface area contributed by atoms with Crippen molar-refractivity contribution in [1.29, 1.82) is 0 Å². The Hall–Kier alpha value is -2.37. The van der Waals surface area contributed by atoms with E-state index in [1.165, 1.54) is 0 Å². The number of fused-ring (bicyclic) bond motifs is 1. The molecule has 1 aliphatic heterocycles. The maximum Gasteiger partial charge on any atom is 0.306 e. The molecule has 1 saturated carbocycles. The molecule has 1 fully saturated rings. The summed E-state index contributed by atoms with van der Waals surface area (Å²) in [7, 11) is 1.74. The zero-order valence-corrected chi connectivity index (χ0v) is 12.3. The lowest BCUT2D eigenvalue weighted by Gasteiger charge is -2.33. The smallest absolute Gasteiger partial charge is 0.306 e. The Kier molecular flexibility index (Phi) is 3.60. The molecule has 116 valence electrons. The third-order valence-corrected chi connectivity index (χ3v) is 4.51. The lowest BCUT2D eigenvalue weighted by Crippen LogP contribution is -2.46. The van der Waals surface area contributed by atoms with Gasteiger partial charge in [-0.2, -0.15) is 0 Å². The third kappa shape index (κ3) is 2.56. The van der Waals surface area contributed by atoms with Crippen molar-refractivity contribution in [3.63, 3.8) is 0 Å². The number of anilines is 1. The maximum absolute atomic E-state index is 12.2. The number of carboxylic acid groups (broad SMARTS) is 1. The van der Waals surface area contributed by atoms with Gasteiger partial charge in [-0.1, -0.05) is 0 Å². The Morgan fingerprint density at radius 3 is 2.68 bits per heavy atom. The highest BCUT2D eigenvalue weighted by atomic mass is 16.4. The molecular weight excluding hydrogens is 284 g/mol. The van der Waals surface area contributed by atoms with Crippen LogP contribution in [-0.4, -0.2) is 36.0 Å². The van der Waals surface area contributed by atoms with E-state index in [4.69, 9.17) is 5.11 Å². The lowest BCUT2D eigenvalue weighted by atomic mass is 9.80. The molecule has 0 spiro atoms. The van der Waals surface area contributed by atoms with Gasteiger partial charge >= 0.3 is 5.97 Å². The van der Waals surface area contributed by atoms with Gasteiger partial charge < -0.3 is 15.3 Å². The van der Waals surface area contributed by atoms with Crippen molar-refractivity contribution in [2.75, 3.05) is 11.9 Å². The normalized spacial score (nSPS) is 23.5. The van der Waals surface area contributed by atoms with Crippen molar-refractivity contribution in [3.05, 3.63) is 29.3 Å². The summed E-state index contributed by atoms with van der Waals surface area (Å²) in [5.41, 5.74) is 2.40. The van der Waals surface area contributed by atoms with Crippen molar-refractivity contribution in [1.82, 2.24) is 5.32 Å². The van der Waals surface area contributed by atoms with Gasteiger partial charge in [-0.15, -0.1) is 0 Å². The number of carbonyl (C=O) groups excluding carboxylic acids is 2. The van der Waals surface area contributed by atoms with Crippen molar-refractivity contribution >= 4 is 23.5 Å². The van der Waals surface area contributed by atoms with Gasteiger partial charge in [0.1, 0.15) is 0 Å². The molecule has 0 saturated heterocycles. The van der Waals surface area contributed by atoms with Crippen LogP contribution in [0, 0.1) is 5.92 Å². The number of carboxylic acids is 1. The van der Waals surface area contributed by atoms with Crippen LogP contribution in [0.3, 0.4) is 0 Å². The fourth-order valence-electron chi connectivity index (χ4n) is 3.00. The second-order valence-electron chi connectivity index (χ2n) is 5.97. The summed E-state index contributed by atoms with van der Waals surface area (Å²) >= 11 is 0. The number of carbonyl (C=O) groups is 3. The second-order valence-corrected chi connectivity index (χ2v) is 5.97. The van der Waals surface area contributed by atoms with E-state index in [2.05, 4.69) is 5.32 Å². The van der Waals surface area contributed by atoms with E-state index in [0.29, 0.717) is 31.2 Å². The lowest BCUT2D eigenvalue weighted by molar-refractivity contribution is -0.145. The van der Waals surface area contributed by atoms with E-state index >= 15 is 0 Å². The summed E-state index contributed by atoms with van der Waals surface area (Å²) in [4.78, 5) is 36.2. The predicted octanol–water partition coefficient (Wildman–Crippen LogP) is 1.19. The van der Waals surface area contributed by atoms with Gasteiger partial charge in [-0.25, -0.2) is 0 Å². The van der Waals surface area contributed by atoms with Crippen LogP contribution in [-0.2, 0) is 16.0 Å². The Labute approximate surface area is 128 Å². The number of hydrogen-bond donors (Lipinski definition) is 2. The molecule has 2 aliphatic rings. The number of nitrogens with one attached hydrogen (secondary N) is 1. The van der Waals surface area contributed by atoms with E-state index < -0.39 is 5.97 Å². The Balaban J connectivity index is 1.67. The monoisotopic (exact) mass is 302 g/mol. The third-order valence-electron chi connectivity index (χ3n) is 4.51. The summed E-state index contributed by atoms with van der Waals surface area (Å²) in [6.45, 7) is 0.